The summed E-state index contributed by atoms with van der Waals surface area (Å²) in [4.78, 5) is 0. The van der Waals surface area contributed by atoms with Crippen LogP contribution in [0.5, 0.6) is 0 Å². The van der Waals surface area contributed by atoms with E-state index in [4.69, 9.17) is 5.73 Å². The van der Waals surface area contributed by atoms with Gasteiger partial charge in [0.15, 0.2) is 0 Å². The van der Waals surface area contributed by atoms with Crippen molar-refractivity contribution in [3.05, 3.63) is 0 Å². The Morgan fingerprint density at radius 1 is 1.50 bits per heavy atom. The van der Waals surface area contributed by atoms with E-state index in [1.165, 1.54) is 0 Å². The summed E-state index contributed by atoms with van der Waals surface area (Å²) in [5.41, 5.74) is 4.96. The molecule has 0 aliphatic rings. The second kappa shape index (κ2) is 3.87. The number of rotatable bonds is 4. The van der Waals surface area contributed by atoms with Crippen LogP contribution in [0.2, 0.25) is 0 Å². The average Bonchev–Trinajstić information content (AvgIpc) is 1.59. The first-order valence-electron chi connectivity index (χ1n) is 2.95. The zero-order chi connectivity index (χ0) is 8.20. The van der Waals surface area contributed by atoms with E-state index in [9.17, 15) is 8.42 Å². The molecule has 62 valence electrons. The highest BCUT2D eigenvalue weighted by molar-refractivity contribution is 7.87. The third-order valence-electron chi connectivity index (χ3n) is 0.664. The van der Waals surface area contributed by atoms with Gasteiger partial charge in [-0.3, -0.25) is 0 Å². The molecule has 0 amide bonds. The van der Waals surface area contributed by atoms with E-state index < -0.39 is 10.2 Å². The molecule has 0 unspecified atom stereocenters. The molecule has 0 bridgehead atoms. The van der Waals surface area contributed by atoms with Crippen LogP contribution in [0.1, 0.15) is 13.8 Å². The maximum absolute atomic E-state index is 10.7. The van der Waals surface area contributed by atoms with Crippen LogP contribution >= 0.6 is 0 Å². The molecule has 4 N–H and O–H groups in total. The van der Waals surface area contributed by atoms with E-state index in [1.807, 2.05) is 0 Å². The average molecular weight is 167 g/mol. The summed E-state index contributed by atoms with van der Waals surface area (Å²) >= 11 is 0. The van der Waals surface area contributed by atoms with Crippen LogP contribution in [0.4, 0.5) is 0 Å². The Hall–Kier alpha value is -0.170. The number of nitrogens with two attached hydrogens (primary N) is 1. The van der Waals surface area contributed by atoms with Gasteiger partial charge in [0.05, 0.1) is 6.67 Å². The molecule has 0 rings (SSSR count). The van der Waals surface area contributed by atoms with Crippen LogP contribution < -0.4 is 15.2 Å². The summed E-state index contributed by atoms with van der Waals surface area (Å²) in [7, 11) is -3.36. The highest BCUT2D eigenvalue weighted by Crippen LogP contribution is 1.80. The van der Waals surface area contributed by atoms with Gasteiger partial charge < -0.3 is 5.73 Å². The van der Waals surface area contributed by atoms with Crippen molar-refractivity contribution in [2.45, 2.75) is 19.9 Å². The molecular formula is C4H13N3O2S. The van der Waals surface area contributed by atoms with Gasteiger partial charge in [-0.25, -0.2) is 0 Å². The summed E-state index contributed by atoms with van der Waals surface area (Å²) in [5, 5.41) is 0. The lowest BCUT2D eigenvalue weighted by Crippen LogP contribution is -2.42. The SMILES string of the molecule is CC(C)NS(=O)(=O)NCN. The molecule has 0 aliphatic heterocycles. The van der Waals surface area contributed by atoms with E-state index in [1.54, 1.807) is 13.8 Å². The maximum Gasteiger partial charge on any atom is 0.278 e. The van der Waals surface area contributed by atoms with Gasteiger partial charge >= 0.3 is 0 Å². The first-order chi connectivity index (χ1) is 4.48. The Morgan fingerprint density at radius 2 is 2.00 bits per heavy atom. The number of hydrogen-bond donors (Lipinski definition) is 3. The third-order valence-corrected chi connectivity index (χ3v) is 1.99. The number of hydrogen-bond acceptors (Lipinski definition) is 3. The third kappa shape index (κ3) is 4.68. The number of nitrogens with one attached hydrogen (secondary N) is 2. The van der Waals surface area contributed by atoms with Crippen LogP contribution in [-0.4, -0.2) is 21.1 Å². The molecule has 0 aromatic carbocycles. The van der Waals surface area contributed by atoms with E-state index in [0.29, 0.717) is 0 Å². The van der Waals surface area contributed by atoms with Crippen LogP contribution in [0.15, 0.2) is 0 Å². The zero-order valence-electron chi connectivity index (χ0n) is 6.09. The van der Waals surface area contributed by atoms with Gasteiger partial charge in [-0.05, 0) is 13.8 Å². The second-order valence-corrected chi connectivity index (χ2v) is 3.66. The van der Waals surface area contributed by atoms with Gasteiger partial charge in [-0.2, -0.15) is 17.9 Å². The smallest absolute Gasteiger partial charge is 0.278 e. The van der Waals surface area contributed by atoms with Crippen molar-refractivity contribution in [2.24, 2.45) is 5.73 Å². The molecule has 5 nitrogen and oxygen atoms in total. The normalized spacial score (nSPS) is 12.4. The van der Waals surface area contributed by atoms with Crippen LogP contribution in [0.25, 0.3) is 0 Å². The fraction of sp³-hybridized carbons (Fsp3) is 1.00. The molecule has 0 atom stereocenters. The minimum Gasteiger partial charge on any atom is -0.318 e. The lowest BCUT2D eigenvalue weighted by atomic mass is 10.4. The fourth-order valence-electron chi connectivity index (χ4n) is 0.462. The molecule has 0 spiro atoms. The Kier molecular flexibility index (Phi) is 3.80. The predicted molar refractivity (Wildman–Crippen MR) is 39.4 cm³/mol. The van der Waals surface area contributed by atoms with Gasteiger partial charge in [0, 0.05) is 6.04 Å². The van der Waals surface area contributed by atoms with E-state index in [0.717, 1.165) is 0 Å². The first-order valence-corrected chi connectivity index (χ1v) is 4.43. The molecule has 0 saturated heterocycles. The minimum atomic E-state index is -3.36. The highest BCUT2D eigenvalue weighted by Gasteiger charge is 2.07. The lowest BCUT2D eigenvalue weighted by Gasteiger charge is -2.08. The lowest BCUT2D eigenvalue weighted by molar-refractivity contribution is 0.556. The van der Waals surface area contributed by atoms with Crippen LogP contribution in [0.3, 0.4) is 0 Å². The Bertz CT molecular complexity index is 175. The molecule has 0 aliphatic carbocycles. The van der Waals surface area contributed by atoms with E-state index in [2.05, 4.69) is 9.44 Å². The monoisotopic (exact) mass is 167 g/mol. The van der Waals surface area contributed by atoms with Gasteiger partial charge in [0.2, 0.25) is 0 Å². The van der Waals surface area contributed by atoms with Crippen LogP contribution in [0, 0.1) is 0 Å². The van der Waals surface area contributed by atoms with Gasteiger partial charge in [0.25, 0.3) is 10.2 Å². The Morgan fingerprint density at radius 3 is 2.30 bits per heavy atom. The van der Waals surface area contributed by atoms with Crippen molar-refractivity contribution in [1.82, 2.24) is 9.44 Å². The van der Waals surface area contributed by atoms with Crippen molar-refractivity contribution >= 4 is 10.2 Å². The summed E-state index contributed by atoms with van der Waals surface area (Å²) < 4.78 is 25.9. The van der Waals surface area contributed by atoms with Gasteiger partial charge in [0.1, 0.15) is 0 Å². The van der Waals surface area contributed by atoms with Crippen molar-refractivity contribution < 1.29 is 8.42 Å². The minimum absolute atomic E-state index is 0.0813. The molecule has 10 heavy (non-hydrogen) atoms. The maximum atomic E-state index is 10.7. The molecule has 6 heteroatoms. The summed E-state index contributed by atoms with van der Waals surface area (Å²) in [6.45, 7) is 3.38. The molecule has 0 aromatic rings. The molecule has 0 heterocycles. The van der Waals surface area contributed by atoms with Crippen LogP contribution in [-0.2, 0) is 10.2 Å². The van der Waals surface area contributed by atoms with Crippen molar-refractivity contribution in [3.8, 4) is 0 Å². The standard InChI is InChI=1S/C4H13N3O2S/c1-4(2)7-10(8,9)6-3-5/h4,6-7H,3,5H2,1-2H3. The summed E-state index contributed by atoms with van der Waals surface area (Å²) in [6, 6.07) is -0.107. The molecule has 0 fully saturated rings. The highest BCUT2D eigenvalue weighted by atomic mass is 32.2. The zero-order valence-corrected chi connectivity index (χ0v) is 6.90. The van der Waals surface area contributed by atoms with E-state index in [-0.39, 0.29) is 12.7 Å². The molecule has 0 saturated carbocycles. The molecular weight excluding hydrogens is 154 g/mol. The van der Waals surface area contributed by atoms with Gasteiger partial charge in [-0.1, -0.05) is 0 Å². The topological polar surface area (TPSA) is 84.2 Å². The fourth-order valence-corrected chi connectivity index (χ4v) is 1.39. The van der Waals surface area contributed by atoms with Crippen molar-refractivity contribution in [2.75, 3.05) is 6.67 Å². The molecule has 0 radical (unpaired) electrons. The van der Waals surface area contributed by atoms with E-state index >= 15 is 0 Å². The second-order valence-electron chi connectivity index (χ2n) is 2.12. The summed E-state index contributed by atoms with van der Waals surface area (Å²) in [5.74, 6) is 0. The predicted octanol–water partition coefficient (Wildman–Crippen LogP) is -1.26. The van der Waals surface area contributed by atoms with Crippen molar-refractivity contribution in [3.63, 3.8) is 0 Å². The Labute approximate surface area is 61.2 Å². The van der Waals surface area contributed by atoms with Gasteiger partial charge in [-0.15, -0.1) is 0 Å². The molecule has 0 aromatic heterocycles. The summed E-state index contributed by atoms with van der Waals surface area (Å²) in [6.07, 6.45) is 0. The quantitative estimate of drug-likeness (QED) is 0.457. The largest absolute Gasteiger partial charge is 0.318 e. The van der Waals surface area contributed by atoms with Crippen molar-refractivity contribution in [1.29, 1.82) is 0 Å². The Balaban J connectivity index is 3.89. The first kappa shape index (κ1) is 9.83.